The van der Waals surface area contributed by atoms with Crippen LogP contribution in [0.25, 0.3) is 0 Å². The first-order valence-electron chi connectivity index (χ1n) is 1.48. The van der Waals surface area contributed by atoms with Gasteiger partial charge in [0.05, 0.1) is 0 Å². The Labute approximate surface area is 131 Å². The van der Waals surface area contributed by atoms with Crippen LogP contribution in [-0.4, -0.2) is 108 Å². The summed E-state index contributed by atoms with van der Waals surface area (Å²) < 4.78 is 40.5. The SMILES string of the molecule is O=P(O)(O)O.O=S(=O)(O)O.[CaH2].[CaH2].[H+].[H+]. The minimum Gasteiger partial charge on any atom is 1.00 e. The summed E-state index contributed by atoms with van der Waals surface area (Å²) in [6.07, 6.45) is 0. The van der Waals surface area contributed by atoms with Crippen LogP contribution in [-0.2, 0) is 15.0 Å². The minimum absolute atomic E-state index is 0. The Bertz CT molecular complexity index is 203. The Morgan fingerprint density at radius 2 is 1.00 bits per heavy atom. The van der Waals surface area contributed by atoms with Crippen molar-refractivity contribution in [1.82, 2.24) is 0 Å². The average Bonchev–Trinajstić information content (AvgIpc) is 1.12. The van der Waals surface area contributed by atoms with Crippen molar-refractivity contribution in [3.8, 4) is 0 Å². The van der Waals surface area contributed by atoms with Crippen LogP contribution in [0.4, 0.5) is 0 Å². The molecule has 0 aliphatic carbocycles. The third-order valence-electron chi connectivity index (χ3n) is 0. The topological polar surface area (TPSA) is 152 Å². The van der Waals surface area contributed by atoms with Crippen LogP contribution in [0.15, 0.2) is 0 Å². The van der Waals surface area contributed by atoms with Gasteiger partial charge >= 0.3 is 96.6 Å². The number of phosphoric acid groups is 1. The average molecular weight is 282 g/mol. The van der Waals surface area contributed by atoms with E-state index in [4.69, 9.17) is 36.8 Å². The van der Waals surface area contributed by atoms with E-state index in [1.54, 1.807) is 0 Å². The van der Waals surface area contributed by atoms with E-state index in [-0.39, 0.29) is 78.3 Å². The van der Waals surface area contributed by atoms with E-state index in [9.17, 15) is 0 Å². The van der Waals surface area contributed by atoms with Gasteiger partial charge in [0.2, 0.25) is 0 Å². The summed E-state index contributed by atoms with van der Waals surface area (Å²) >= 11 is 0. The van der Waals surface area contributed by atoms with Crippen molar-refractivity contribution in [2.45, 2.75) is 0 Å². The Kier molecular flexibility index (Phi) is 20.0. The van der Waals surface area contributed by atoms with Crippen molar-refractivity contribution in [3.05, 3.63) is 0 Å². The molecule has 72 valence electrons. The van der Waals surface area contributed by atoms with Crippen molar-refractivity contribution >= 4 is 93.7 Å². The van der Waals surface area contributed by atoms with Crippen LogP contribution >= 0.6 is 7.82 Å². The summed E-state index contributed by atoms with van der Waals surface area (Å²) in [5, 5.41) is 0. The van der Waals surface area contributed by atoms with Crippen molar-refractivity contribution in [3.63, 3.8) is 0 Å². The Balaban J connectivity index is -0.0000000178. The van der Waals surface area contributed by atoms with Gasteiger partial charge < -0.3 is 14.7 Å². The fraction of sp³-hybridized carbons (Fsp3) is 0. The largest absolute Gasteiger partial charge is 1.00 e. The predicted octanol–water partition coefficient (Wildman–Crippen LogP) is -3.19. The number of rotatable bonds is 0. The quantitative estimate of drug-likeness (QED) is 0.177. The maximum atomic E-state index is 8.88. The first-order valence-corrected chi connectivity index (χ1v) is 4.44. The molecule has 0 rings (SSSR count). The summed E-state index contributed by atoms with van der Waals surface area (Å²) in [7, 11) is -9.31. The Hall–Kier alpha value is 2.50. The summed E-state index contributed by atoms with van der Waals surface area (Å²) in [6.45, 7) is 0. The number of hydrogen-bond donors (Lipinski definition) is 5. The van der Waals surface area contributed by atoms with Gasteiger partial charge in [-0.3, -0.25) is 9.11 Å². The second kappa shape index (κ2) is 10.0. The molecule has 0 unspecified atom stereocenters. The first kappa shape index (κ1) is 24.0. The molecule has 0 atom stereocenters. The van der Waals surface area contributed by atoms with Crippen LogP contribution in [0, 0.1) is 0 Å². The zero-order valence-corrected chi connectivity index (χ0v) is 6.03. The Morgan fingerprint density at radius 1 is 1.00 bits per heavy atom. The van der Waals surface area contributed by atoms with Gasteiger partial charge in [0.25, 0.3) is 0 Å². The van der Waals surface area contributed by atoms with E-state index in [0.717, 1.165) is 0 Å². The van der Waals surface area contributed by atoms with Crippen LogP contribution in [0.1, 0.15) is 2.85 Å². The van der Waals surface area contributed by atoms with E-state index in [0.29, 0.717) is 0 Å². The smallest absolute Gasteiger partial charge is 1.00 e. The molecule has 0 radical (unpaired) electrons. The summed E-state index contributed by atoms with van der Waals surface area (Å²) in [4.78, 5) is 21.6. The molecule has 0 bridgehead atoms. The maximum absolute atomic E-state index is 8.88. The van der Waals surface area contributed by atoms with E-state index in [1.165, 1.54) is 0 Å². The predicted molar refractivity (Wildman–Crippen MR) is 47.8 cm³/mol. The number of hydrogen-bond acceptors (Lipinski definition) is 3. The van der Waals surface area contributed by atoms with Gasteiger partial charge in [-0.15, -0.1) is 0 Å². The molecule has 12 heavy (non-hydrogen) atoms. The van der Waals surface area contributed by atoms with E-state index < -0.39 is 18.2 Å². The molecule has 0 aliphatic rings. The van der Waals surface area contributed by atoms with Gasteiger partial charge in [0, 0.05) is 0 Å². The van der Waals surface area contributed by atoms with Crippen molar-refractivity contribution in [1.29, 1.82) is 0 Å². The Morgan fingerprint density at radius 3 is 1.00 bits per heavy atom. The molecule has 0 spiro atoms. The van der Waals surface area contributed by atoms with Crippen LogP contribution < -0.4 is 0 Å². The first-order chi connectivity index (χ1) is 4.00. The monoisotopic (exact) mass is 282 g/mol. The fourth-order valence-corrected chi connectivity index (χ4v) is 0. The van der Waals surface area contributed by atoms with E-state index in [2.05, 4.69) is 0 Å². The molecule has 0 heterocycles. The molecule has 0 fully saturated rings. The second-order valence-corrected chi connectivity index (χ2v) is 2.88. The van der Waals surface area contributed by atoms with Crippen molar-refractivity contribution in [2.75, 3.05) is 0 Å². The molecule has 0 aromatic carbocycles. The van der Waals surface area contributed by atoms with Gasteiger partial charge in [-0.25, -0.2) is 4.57 Å². The van der Waals surface area contributed by atoms with Crippen LogP contribution in [0.2, 0.25) is 0 Å². The molecule has 8 nitrogen and oxygen atoms in total. The fourth-order valence-electron chi connectivity index (χ4n) is 0. The van der Waals surface area contributed by atoms with Crippen LogP contribution in [0.3, 0.4) is 0 Å². The van der Waals surface area contributed by atoms with Gasteiger partial charge in [-0.1, -0.05) is 0 Å². The zero-order chi connectivity index (χ0) is 9.00. The van der Waals surface area contributed by atoms with Gasteiger partial charge in [-0.2, -0.15) is 8.42 Å². The van der Waals surface area contributed by atoms with Gasteiger partial charge in [-0.05, 0) is 0 Å². The molecule has 0 aromatic rings. The molecule has 0 aliphatic heterocycles. The van der Waals surface area contributed by atoms with Crippen molar-refractivity contribution < 1.29 is 39.6 Å². The molecule has 0 saturated heterocycles. The molecule has 0 aromatic heterocycles. The zero-order valence-electron chi connectivity index (χ0n) is 6.32. The normalized spacial score (nSPS) is 9.75. The van der Waals surface area contributed by atoms with Crippen molar-refractivity contribution in [2.24, 2.45) is 0 Å². The molecular weight excluding hydrogens is 271 g/mol. The maximum Gasteiger partial charge on any atom is 1.00 e. The molecule has 0 amide bonds. The second-order valence-electron chi connectivity index (χ2n) is 0.961. The molecule has 12 heteroatoms. The third kappa shape index (κ3) is 265. The standard InChI is InChI=1S/2Ca.H3O4P.H2O4S.4H/c;;2*1-5(2,3)4;;;;/h;;(H3,1,2,3,4);(H2,1,2,3,4);;;;/p+2. The third-order valence-corrected chi connectivity index (χ3v) is 0. The molecular formula is H11Ca2O8PS+2. The summed E-state index contributed by atoms with van der Waals surface area (Å²) in [5.41, 5.74) is 0. The van der Waals surface area contributed by atoms with Gasteiger partial charge in [0.15, 0.2) is 0 Å². The molecule has 0 saturated carbocycles. The van der Waals surface area contributed by atoms with E-state index in [1.807, 2.05) is 0 Å². The van der Waals surface area contributed by atoms with E-state index >= 15 is 0 Å². The van der Waals surface area contributed by atoms with Gasteiger partial charge in [0.1, 0.15) is 0 Å². The van der Waals surface area contributed by atoms with Crippen LogP contribution in [0.5, 0.6) is 0 Å². The summed E-state index contributed by atoms with van der Waals surface area (Å²) in [5.74, 6) is 0. The molecule has 5 N–H and O–H groups in total. The summed E-state index contributed by atoms with van der Waals surface area (Å²) in [6, 6.07) is 0. The minimum atomic E-state index is -4.67.